The van der Waals surface area contributed by atoms with Crippen LogP contribution in [0.4, 0.5) is 11.4 Å². The Labute approximate surface area is 170 Å². The predicted molar refractivity (Wildman–Crippen MR) is 117 cm³/mol. The first kappa shape index (κ1) is 18.9. The second-order valence-electron chi connectivity index (χ2n) is 6.98. The number of piperazine rings is 1. The predicted octanol–water partition coefficient (Wildman–Crippen LogP) is 4.14. The first-order valence-electron chi connectivity index (χ1n) is 9.63. The molecule has 5 heteroatoms. The average Bonchev–Trinajstić information content (AvgIpc) is 2.77. The highest BCUT2D eigenvalue weighted by molar-refractivity contribution is 7.92. The average molecular weight is 392 g/mol. The van der Waals surface area contributed by atoms with E-state index in [1.165, 1.54) is 11.3 Å². The van der Waals surface area contributed by atoms with E-state index in [0.717, 1.165) is 43.3 Å². The highest BCUT2D eigenvalue weighted by Gasteiger charge is 2.17. The Morgan fingerprint density at radius 3 is 2.00 bits per heavy atom. The molecular formula is C23H25N3OS. The second-order valence-corrected chi connectivity index (χ2v) is 8.19. The molecule has 1 heterocycles. The van der Waals surface area contributed by atoms with E-state index in [-0.39, 0.29) is 0 Å². The zero-order valence-corrected chi connectivity index (χ0v) is 16.6. The maximum atomic E-state index is 12.4. The van der Waals surface area contributed by atoms with Crippen LogP contribution in [0.3, 0.4) is 0 Å². The molecule has 1 atom stereocenters. The van der Waals surface area contributed by atoms with Gasteiger partial charge in [-0.3, -0.25) is 4.90 Å². The van der Waals surface area contributed by atoms with Crippen molar-refractivity contribution in [3.8, 4) is 0 Å². The van der Waals surface area contributed by atoms with Crippen LogP contribution in [0.2, 0.25) is 0 Å². The Bertz CT molecular complexity index is 850. The Balaban J connectivity index is 1.28. The second kappa shape index (κ2) is 9.15. The molecule has 1 unspecified atom stereocenters. The minimum absolute atomic E-state index is 0.780. The van der Waals surface area contributed by atoms with E-state index in [2.05, 4.69) is 57.0 Å². The highest BCUT2D eigenvalue weighted by atomic mass is 32.2. The molecule has 1 aliphatic rings. The van der Waals surface area contributed by atoms with Gasteiger partial charge in [0.1, 0.15) is 11.4 Å². The molecule has 0 saturated carbocycles. The van der Waals surface area contributed by atoms with Crippen LogP contribution in [0.1, 0.15) is 5.56 Å². The maximum Gasteiger partial charge on any atom is 0.179 e. The van der Waals surface area contributed by atoms with Gasteiger partial charge >= 0.3 is 0 Å². The van der Waals surface area contributed by atoms with E-state index in [4.69, 9.17) is 0 Å². The van der Waals surface area contributed by atoms with Gasteiger partial charge in [-0.15, -0.1) is 0 Å². The van der Waals surface area contributed by atoms with Gasteiger partial charge in [0, 0.05) is 38.4 Å². The van der Waals surface area contributed by atoms with E-state index in [0.29, 0.717) is 0 Å². The summed E-state index contributed by atoms with van der Waals surface area (Å²) in [5.74, 6) is 0. The molecule has 28 heavy (non-hydrogen) atoms. The molecule has 144 valence electrons. The summed E-state index contributed by atoms with van der Waals surface area (Å²) in [5, 5.41) is 0. The maximum absolute atomic E-state index is 12.4. The van der Waals surface area contributed by atoms with Crippen LogP contribution in [-0.2, 0) is 17.9 Å². The third-order valence-electron chi connectivity index (χ3n) is 5.02. The number of hydrogen-bond acceptors (Lipinski definition) is 4. The summed E-state index contributed by atoms with van der Waals surface area (Å²) in [4.78, 5) is 5.72. The van der Waals surface area contributed by atoms with Gasteiger partial charge in [0.05, 0.1) is 5.69 Å². The Morgan fingerprint density at radius 2 is 1.36 bits per heavy atom. The zero-order valence-electron chi connectivity index (χ0n) is 15.8. The summed E-state index contributed by atoms with van der Waals surface area (Å²) in [7, 11) is 0. The van der Waals surface area contributed by atoms with Crippen LogP contribution >= 0.6 is 0 Å². The van der Waals surface area contributed by atoms with Crippen molar-refractivity contribution in [3.05, 3.63) is 90.5 Å². The highest BCUT2D eigenvalue weighted by Crippen LogP contribution is 2.19. The van der Waals surface area contributed by atoms with E-state index in [9.17, 15) is 4.55 Å². The number of rotatable bonds is 6. The van der Waals surface area contributed by atoms with Crippen molar-refractivity contribution in [1.29, 1.82) is 0 Å². The lowest BCUT2D eigenvalue weighted by Crippen LogP contribution is -2.45. The molecular weight excluding hydrogens is 366 g/mol. The Morgan fingerprint density at radius 1 is 0.750 bits per heavy atom. The zero-order chi connectivity index (χ0) is 19.2. The molecule has 3 aromatic carbocycles. The monoisotopic (exact) mass is 391 g/mol. The van der Waals surface area contributed by atoms with Crippen LogP contribution in [0, 0.1) is 0 Å². The minimum Gasteiger partial charge on any atom is -0.588 e. The standard InChI is InChI=1S/C23H25N3OS/c27-28(23-9-5-2-6-10-23)24-21-13-11-20(12-14-21)19-25-15-17-26(18-16-25)22-7-3-1-4-8-22/h1-14,24H,15-19H2. The smallest absolute Gasteiger partial charge is 0.179 e. The van der Waals surface area contributed by atoms with Gasteiger partial charge < -0.3 is 9.45 Å². The van der Waals surface area contributed by atoms with Gasteiger partial charge in [0.2, 0.25) is 0 Å². The molecule has 1 saturated heterocycles. The third-order valence-corrected chi connectivity index (χ3v) is 6.14. The number of para-hydroxylation sites is 1. The molecule has 4 nitrogen and oxygen atoms in total. The topological polar surface area (TPSA) is 41.6 Å². The van der Waals surface area contributed by atoms with Crippen LogP contribution in [0.25, 0.3) is 0 Å². The van der Waals surface area contributed by atoms with Crippen LogP contribution in [0.15, 0.2) is 89.8 Å². The normalized spacial score (nSPS) is 16.0. The van der Waals surface area contributed by atoms with Crippen molar-refractivity contribution in [2.45, 2.75) is 11.4 Å². The Hall–Kier alpha value is -2.47. The van der Waals surface area contributed by atoms with Gasteiger partial charge in [0.15, 0.2) is 4.90 Å². The van der Waals surface area contributed by atoms with Gasteiger partial charge in [-0.05, 0) is 42.0 Å². The van der Waals surface area contributed by atoms with Crippen LogP contribution in [-0.4, -0.2) is 35.6 Å². The number of benzene rings is 3. The van der Waals surface area contributed by atoms with Gasteiger partial charge in [0.25, 0.3) is 0 Å². The van der Waals surface area contributed by atoms with E-state index in [1.54, 1.807) is 0 Å². The minimum atomic E-state index is -1.24. The lowest BCUT2D eigenvalue weighted by Gasteiger charge is -2.36. The lowest BCUT2D eigenvalue weighted by atomic mass is 10.1. The summed E-state index contributed by atoms with van der Waals surface area (Å²) in [5.41, 5.74) is 3.47. The molecule has 1 N–H and O–H groups in total. The molecule has 0 aromatic heterocycles. The molecule has 3 aromatic rings. The fraction of sp³-hybridized carbons (Fsp3) is 0.217. The van der Waals surface area contributed by atoms with E-state index >= 15 is 0 Å². The SMILES string of the molecule is [O-][S+](Nc1ccc(CN2CCN(c3ccccc3)CC2)cc1)c1ccccc1. The van der Waals surface area contributed by atoms with Crippen molar-refractivity contribution in [1.82, 2.24) is 4.90 Å². The number of anilines is 2. The number of hydrogen-bond donors (Lipinski definition) is 1. The molecule has 1 fully saturated rings. The molecule has 0 bridgehead atoms. The van der Waals surface area contributed by atoms with Gasteiger partial charge in [-0.25, -0.2) is 4.72 Å². The number of nitrogens with one attached hydrogen (secondary N) is 1. The molecule has 0 amide bonds. The first-order chi connectivity index (χ1) is 13.8. The first-order valence-corrected chi connectivity index (χ1v) is 10.8. The molecule has 0 aliphatic carbocycles. The van der Waals surface area contributed by atoms with E-state index in [1.807, 2.05) is 42.5 Å². The molecule has 4 rings (SSSR count). The van der Waals surface area contributed by atoms with E-state index < -0.39 is 11.4 Å². The lowest BCUT2D eigenvalue weighted by molar-refractivity contribution is 0.250. The fourth-order valence-corrected chi connectivity index (χ4v) is 4.32. The van der Waals surface area contributed by atoms with Crippen molar-refractivity contribution in [3.63, 3.8) is 0 Å². The number of nitrogens with zero attached hydrogens (tertiary/aromatic N) is 2. The van der Waals surface area contributed by atoms with Crippen molar-refractivity contribution >= 4 is 22.7 Å². The summed E-state index contributed by atoms with van der Waals surface area (Å²) in [6.45, 7) is 5.18. The van der Waals surface area contributed by atoms with Crippen molar-refractivity contribution in [2.75, 3.05) is 35.8 Å². The molecule has 0 radical (unpaired) electrons. The largest absolute Gasteiger partial charge is 0.588 e. The fourth-order valence-electron chi connectivity index (χ4n) is 3.45. The summed E-state index contributed by atoms with van der Waals surface area (Å²) in [6.07, 6.45) is 0. The van der Waals surface area contributed by atoms with Crippen molar-refractivity contribution < 1.29 is 4.55 Å². The van der Waals surface area contributed by atoms with Crippen LogP contribution in [0.5, 0.6) is 0 Å². The molecule has 1 aliphatic heterocycles. The van der Waals surface area contributed by atoms with Gasteiger partial charge in [-0.1, -0.05) is 48.5 Å². The summed E-state index contributed by atoms with van der Waals surface area (Å²) < 4.78 is 15.4. The van der Waals surface area contributed by atoms with Crippen molar-refractivity contribution in [2.24, 2.45) is 0 Å². The molecule has 0 spiro atoms. The summed E-state index contributed by atoms with van der Waals surface area (Å²) >= 11 is -1.24. The van der Waals surface area contributed by atoms with Crippen LogP contribution < -0.4 is 9.62 Å². The van der Waals surface area contributed by atoms with Gasteiger partial charge in [-0.2, -0.15) is 0 Å². The quantitative estimate of drug-likeness (QED) is 0.641. The Kier molecular flexibility index (Phi) is 6.17. The third kappa shape index (κ3) is 4.87. The summed E-state index contributed by atoms with van der Waals surface area (Å²) in [6, 6.07) is 28.3.